The number of nitrogens with one attached hydrogen (secondary N) is 2. The van der Waals surface area contributed by atoms with E-state index in [1.807, 2.05) is 12.3 Å². The van der Waals surface area contributed by atoms with E-state index < -0.39 is 9.84 Å². The largest absolute Gasteiger partial charge is 0.314 e. The van der Waals surface area contributed by atoms with Crippen LogP contribution in [-0.2, 0) is 9.84 Å². The van der Waals surface area contributed by atoms with Crippen LogP contribution in [-0.4, -0.2) is 58.3 Å². The van der Waals surface area contributed by atoms with Crippen molar-refractivity contribution < 1.29 is 13.2 Å². The van der Waals surface area contributed by atoms with Crippen LogP contribution in [0.5, 0.6) is 0 Å². The Morgan fingerprint density at radius 1 is 1.15 bits per heavy atom. The molecule has 2 fully saturated rings. The van der Waals surface area contributed by atoms with E-state index >= 15 is 0 Å². The first-order chi connectivity index (χ1) is 19.1. The fourth-order valence-electron chi connectivity index (χ4n) is 6.26. The number of aromatic nitrogens is 4. The topological polar surface area (TPSA) is 136 Å². The molecule has 0 aromatic carbocycles. The molecular formula is C29H38N6O4S. The van der Waals surface area contributed by atoms with E-state index in [0.29, 0.717) is 46.7 Å². The zero-order valence-electron chi connectivity index (χ0n) is 23.4. The smallest absolute Gasteiger partial charge is 0.263 e. The van der Waals surface area contributed by atoms with Crippen LogP contribution in [0.3, 0.4) is 0 Å². The standard InChI is InChI=1S/C29H38N6O4S/c1-18-24-17-32-29(34-27(24)35(23-8-4-5-9-23)28(37)26(18)19(2)36)33-25-11-10-21(16-31-25)20-12-13-30-22(15-20)7-6-14-40(3,38)39/h10-11,16-17,20,22-23,30H,4-9,12-15H2,1-3H3,(H,31,32,33,34). The second kappa shape index (κ2) is 11.7. The lowest BCUT2D eigenvalue weighted by atomic mass is 9.86. The summed E-state index contributed by atoms with van der Waals surface area (Å²) in [6.07, 6.45) is 12.2. The average molecular weight is 567 g/mol. The number of anilines is 2. The van der Waals surface area contributed by atoms with Crippen LogP contribution in [0.2, 0.25) is 0 Å². The van der Waals surface area contributed by atoms with Gasteiger partial charge in [0.05, 0.1) is 5.56 Å². The van der Waals surface area contributed by atoms with Crippen molar-refractivity contribution in [2.75, 3.05) is 23.9 Å². The van der Waals surface area contributed by atoms with Gasteiger partial charge in [-0.3, -0.25) is 14.2 Å². The molecule has 11 heteroatoms. The zero-order chi connectivity index (χ0) is 28.4. The molecule has 10 nitrogen and oxygen atoms in total. The number of nitrogens with zero attached hydrogens (tertiary/aromatic N) is 4. The van der Waals surface area contributed by atoms with Gasteiger partial charge in [0.1, 0.15) is 21.3 Å². The molecule has 2 atom stereocenters. The third-order valence-electron chi connectivity index (χ3n) is 8.31. The molecular weight excluding hydrogens is 528 g/mol. The summed E-state index contributed by atoms with van der Waals surface area (Å²) in [5.41, 5.74) is 2.27. The van der Waals surface area contributed by atoms with Gasteiger partial charge < -0.3 is 10.6 Å². The van der Waals surface area contributed by atoms with Gasteiger partial charge in [-0.1, -0.05) is 18.9 Å². The summed E-state index contributed by atoms with van der Waals surface area (Å²) in [6.45, 7) is 4.11. The van der Waals surface area contributed by atoms with Crippen LogP contribution < -0.4 is 16.2 Å². The van der Waals surface area contributed by atoms with Crippen LogP contribution in [0.25, 0.3) is 11.0 Å². The van der Waals surface area contributed by atoms with E-state index in [-0.39, 0.29) is 28.7 Å². The van der Waals surface area contributed by atoms with Crippen molar-refractivity contribution in [3.8, 4) is 0 Å². The lowest BCUT2D eigenvalue weighted by Gasteiger charge is -2.30. The van der Waals surface area contributed by atoms with Crippen molar-refractivity contribution in [1.82, 2.24) is 24.8 Å². The van der Waals surface area contributed by atoms with Crippen molar-refractivity contribution in [2.45, 2.75) is 83.2 Å². The number of carbonyl (C=O) groups is 1. The van der Waals surface area contributed by atoms with Crippen LogP contribution in [0.1, 0.15) is 91.7 Å². The second-order valence-electron chi connectivity index (χ2n) is 11.3. The lowest BCUT2D eigenvalue weighted by Crippen LogP contribution is -2.37. The average Bonchev–Trinajstić information content (AvgIpc) is 3.43. The molecule has 2 unspecified atom stereocenters. The predicted molar refractivity (Wildman–Crippen MR) is 156 cm³/mol. The molecule has 1 saturated heterocycles. The van der Waals surface area contributed by atoms with E-state index in [4.69, 9.17) is 4.98 Å². The number of Topliss-reactive ketones (excluding diaryl/α,β-unsaturated/α-hetero) is 1. The predicted octanol–water partition coefficient (Wildman–Crippen LogP) is 4.22. The number of rotatable bonds is 9. The number of fused-ring (bicyclic) bond motifs is 1. The third kappa shape index (κ3) is 6.25. The highest BCUT2D eigenvalue weighted by Gasteiger charge is 2.26. The van der Waals surface area contributed by atoms with Gasteiger partial charge in [-0.25, -0.2) is 18.4 Å². The van der Waals surface area contributed by atoms with E-state index in [2.05, 4.69) is 26.7 Å². The van der Waals surface area contributed by atoms with Crippen molar-refractivity contribution in [1.29, 1.82) is 0 Å². The number of pyridine rings is 2. The molecule has 214 valence electrons. The lowest BCUT2D eigenvalue weighted by molar-refractivity contribution is 0.101. The summed E-state index contributed by atoms with van der Waals surface area (Å²) >= 11 is 0. The summed E-state index contributed by atoms with van der Waals surface area (Å²) in [5.74, 6) is 1.30. The van der Waals surface area contributed by atoms with Crippen LogP contribution in [0.4, 0.5) is 11.8 Å². The fraction of sp³-hybridized carbons (Fsp3) is 0.552. The molecule has 3 aromatic rings. The Morgan fingerprint density at radius 2 is 1.93 bits per heavy atom. The van der Waals surface area contributed by atoms with Gasteiger partial charge in [-0.05, 0) is 82.0 Å². The van der Waals surface area contributed by atoms with Crippen molar-refractivity contribution >= 4 is 38.4 Å². The molecule has 0 bridgehead atoms. The summed E-state index contributed by atoms with van der Waals surface area (Å²) < 4.78 is 24.6. The number of aryl methyl sites for hydroxylation is 1. The minimum atomic E-state index is -2.94. The molecule has 2 aliphatic rings. The molecule has 4 heterocycles. The normalized spacial score (nSPS) is 20.2. The Bertz CT molecular complexity index is 1560. The van der Waals surface area contributed by atoms with Crippen LogP contribution >= 0.6 is 0 Å². The third-order valence-corrected chi connectivity index (χ3v) is 9.34. The maximum Gasteiger partial charge on any atom is 0.263 e. The van der Waals surface area contributed by atoms with E-state index in [1.165, 1.54) is 13.2 Å². The Balaban J connectivity index is 1.34. The molecule has 5 rings (SSSR count). The van der Waals surface area contributed by atoms with Gasteiger partial charge in [0.25, 0.3) is 5.56 Å². The highest BCUT2D eigenvalue weighted by atomic mass is 32.2. The second-order valence-corrected chi connectivity index (χ2v) is 13.6. The summed E-state index contributed by atoms with van der Waals surface area (Å²) in [5, 5.41) is 7.42. The van der Waals surface area contributed by atoms with Crippen molar-refractivity contribution in [2.24, 2.45) is 0 Å². The fourth-order valence-corrected chi connectivity index (χ4v) is 6.96. The quantitative estimate of drug-likeness (QED) is 0.365. The first-order valence-electron chi connectivity index (χ1n) is 14.2. The maximum atomic E-state index is 13.4. The molecule has 0 radical (unpaired) electrons. The van der Waals surface area contributed by atoms with Gasteiger partial charge in [-0.2, -0.15) is 4.98 Å². The molecule has 3 aromatic heterocycles. The van der Waals surface area contributed by atoms with Crippen molar-refractivity contribution in [3.05, 3.63) is 51.6 Å². The Hall–Kier alpha value is -3.18. The molecule has 0 amide bonds. The monoisotopic (exact) mass is 566 g/mol. The maximum absolute atomic E-state index is 13.4. The van der Waals surface area contributed by atoms with Crippen LogP contribution in [0.15, 0.2) is 29.3 Å². The Kier molecular flexibility index (Phi) is 8.32. The molecule has 1 aliphatic heterocycles. The Labute approximate surface area is 234 Å². The van der Waals surface area contributed by atoms with Gasteiger partial charge in [-0.15, -0.1) is 0 Å². The highest BCUT2D eigenvalue weighted by Crippen LogP contribution is 2.32. The number of carbonyl (C=O) groups excluding carboxylic acids is 1. The van der Waals surface area contributed by atoms with E-state index in [0.717, 1.165) is 57.1 Å². The summed E-state index contributed by atoms with van der Waals surface area (Å²) in [4.78, 5) is 39.6. The van der Waals surface area contributed by atoms with Crippen molar-refractivity contribution in [3.63, 3.8) is 0 Å². The van der Waals surface area contributed by atoms with Gasteiger partial charge >= 0.3 is 0 Å². The van der Waals surface area contributed by atoms with Gasteiger partial charge in [0, 0.05) is 41.9 Å². The van der Waals surface area contributed by atoms with Gasteiger partial charge in [0.15, 0.2) is 5.78 Å². The summed E-state index contributed by atoms with van der Waals surface area (Å²) in [6, 6.07) is 4.30. The zero-order valence-corrected chi connectivity index (χ0v) is 24.3. The number of ketones is 1. The number of sulfone groups is 1. The first kappa shape index (κ1) is 28.4. The highest BCUT2D eigenvalue weighted by molar-refractivity contribution is 7.90. The van der Waals surface area contributed by atoms with Crippen LogP contribution in [0, 0.1) is 6.92 Å². The van der Waals surface area contributed by atoms with E-state index in [1.54, 1.807) is 17.7 Å². The molecule has 1 saturated carbocycles. The summed E-state index contributed by atoms with van der Waals surface area (Å²) in [7, 11) is -2.94. The molecule has 2 N–H and O–H groups in total. The molecule has 0 spiro atoms. The number of hydrogen-bond acceptors (Lipinski definition) is 9. The minimum absolute atomic E-state index is 0.0223. The Morgan fingerprint density at radius 3 is 2.60 bits per heavy atom. The first-order valence-corrected chi connectivity index (χ1v) is 16.2. The molecule has 40 heavy (non-hydrogen) atoms. The van der Waals surface area contributed by atoms with Gasteiger partial charge in [0.2, 0.25) is 5.95 Å². The number of hydrogen-bond donors (Lipinski definition) is 2. The SMILES string of the molecule is CC(=O)c1c(C)c2cnc(Nc3ccc(C4CCNC(CCCS(C)(=O)=O)C4)cn3)nc2n(C2CCCC2)c1=O. The number of piperidine rings is 1. The van der Waals surface area contributed by atoms with E-state index in [9.17, 15) is 18.0 Å². The minimum Gasteiger partial charge on any atom is -0.314 e. The molecule has 1 aliphatic carbocycles.